The zero-order valence-electron chi connectivity index (χ0n) is 24.0. The molecule has 0 saturated carbocycles. The number of rotatable bonds is 10. The van der Waals surface area contributed by atoms with Crippen LogP contribution in [-0.4, -0.2) is 71.3 Å². The molecule has 11 nitrogen and oxygen atoms in total. The summed E-state index contributed by atoms with van der Waals surface area (Å²) in [6.07, 6.45) is 6.20. The minimum atomic E-state index is -0.536. The van der Waals surface area contributed by atoms with Crippen LogP contribution >= 0.6 is 0 Å². The van der Waals surface area contributed by atoms with Crippen LogP contribution in [0, 0.1) is 5.92 Å². The number of ether oxygens (including phenoxy) is 3. The summed E-state index contributed by atoms with van der Waals surface area (Å²) in [7, 11) is 2.99. The summed E-state index contributed by atoms with van der Waals surface area (Å²) >= 11 is 0. The Balaban J connectivity index is 1.44. The van der Waals surface area contributed by atoms with E-state index in [9.17, 15) is 4.79 Å². The van der Waals surface area contributed by atoms with Gasteiger partial charge in [-0.25, -0.2) is 14.8 Å². The standard InChI is InChI=1S/C30H37N7O4/c1-20(2)7-8-37-19-23(17-32-37)26-6-5-22-16-31-29(35-27(22)28(26)39-3)33-24-13-21(18-36-9-11-41-12-10-36)14-25(15-24)34-30(38)40-4/h5-6,13-17,19-20H,7-12,18H2,1-4H3,(H,34,38)(H,31,33,35). The fourth-order valence-electron chi connectivity index (χ4n) is 4.82. The van der Waals surface area contributed by atoms with Gasteiger partial charge < -0.3 is 19.5 Å². The number of hydrogen-bond donors (Lipinski definition) is 2. The molecule has 1 aliphatic rings. The van der Waals surface area contributed by atoms with E-state index in [1.165, 1.54) is 7.11 Å². The number of morpholine rings is 1. The Morgan fingerprint density at radius 1 is 1.10 bits per heavy atom. The number of nitrogens with zero attached hydrogens (tertiary/aromatic N) is 5. The van der Waals surface area contributed by atoms with E-state index in [1.807, 2.05) is 47.4 Å². The molecule has 3 heterocycles. The molecule has 11 heteroatoms. The summed E-state index contributed by atoms with van der Waals surface area (Å²) in [5, 5.41) is 11.5. The second-order valence-corrected chi connectivity index (χ2v) is 10.5. The first-order valence-electron chi connectivity index (χ1n) is 13.8. The molecule has 1 saturated heterocycles. The highest BCUT2D eigenvalue weighted by Gasteiger charge is 2.16. The first-order valence-corrected chi connectivity index (χ1v) is 13.8. The topological polar surface area (TPSA) is 116 Å². The molecule has 1 aliphatic heterocycles. The molecular formula is C30H37N7O4. The number of carbonyl (C=O) groups excluding carboxylic acids is 1. The van der Waals surface area contributed by atoms with Crippen molar-refractivity contribution < 1.29 is 19.0 Å². The Hall–Kier alpha value is -4.22. The van der Waals surface area contributed by atoms with Crippen LogP contribution in [0.1, 0.15) is 25.8 Å². The van der Waals surface area contributed by atoms with E-state index in [-0.39, 0.29) is 0 Å². The van der Waals surface area contributed by atoms with Crippen LogP contribution in [-0.2, 0) is 22.6 Å². The van der Waals surface area contributed by atoms with E-state index >= 15 is 0 Å². The number of amides is 1. The van der Waals surface area contributed by atoms with Crippen LogP contribution in [0.5, 0.6) is 5.75 Å². The minimum Gasteiger partial charge on any atom is -0.494 e. The Labute approximate surface area is 239 Å². The number of methoxy groups -OCH3 is 2. The van der Waals surface area contributed by atoms with Crippen molar-refractivity contribution in [3.63, 3.8) is 0 Å². The number of hydrogen-bond acceptors (Lipinski definition) is 9. The van der Waals surface area contributed by atoms with Crippen molar-refractivity contribution in [2.24, 2.45) is 5.92 Å². The molecule has 0 spiro atoms. The van der Waals surface area contributed by atoms with Crippen molar-refractivity contribution in [2.75, 3.05) is 51.2 Å². The number of nitrogens with one attached hydrogen (secondary N) is 2. The average molecular weight is 560 g/mol. The zero-order chi connectivity index (χ0) is 28.8. The highest BCUT2D eigenvalue weighted by molar-refractivity contribution is 5.92. The van der Waals surface area contributed by atoms with Crippen molar-refractivity contribution in [3.05, 3.63) is 54.5 Å². The van der Waals surface area contributed by atoms with Gasteiger partial charge in [-0.1, -0.05) is 19.9 Å². The van der Waals surface area contributed by atoms with Crippen molar-refractivity contribution in [1.29, 1.82) is 0 Å². The lowest BCUT2D eigenvalue weighted by Gasteiger charge is -2.27. The zero-order valence-corrected chi connectivity index (χ0v) is 24.0. The number of aryl methyl sites for hydroxylation is 1. The second kappa shape index (κ2) is 13.0. The van der Waals surface area contributed by atoms with Crippen LogP contribution < -0.4 is 15.4 Å². The predicted molar refractivity (Wildman–Crippen MR) is 159 cm³/mol. The van der Waals surface area contributed by atoms with Gasteiger partial charge in [-0.3, -0.25) is 14.9 Å². The Morgan fingerprint density at radius 2 is 1.90 bits per heavy atom. The Morgan fingerprint density at radius 3 is 2.66 bits per heavy atom. The molecule has 0 bridgehead atoms. The van der Waals surface area contributed by atoms with Crippen molar-refractivity contribution in [1.82, 2.24) is 24.6 Å². The van der Waals surface area contributed by atoms with Crippen molar-refractivity contribution >= 4 is 34.3 Å². The number of fused-ring (bicyclic) bond motifs is 1. The van der Waals surface area contributed by atoms with Gasteiger partial charge in [0, 0.05) is 66.5 Å². The maximum atomic E-state index is 12.0. The molecule has 5 rings (SSSR count). The van der Waals surface area contributed by atoms with Crippen LogP contribution in [0.15, 0.2) is 48.9 Å². The van der Waals surface area contributed by atoms with Gasteiger partial charge in [-0.2, -0.15) is 5.10 Å². The van der Waals surface area contributed by atoms with Gasteiger partial charge in [0.2, 0.25) is 5.95 Å². The van der Waals surface area contributed by atoms with E-state index in [2.05, 4.69) is 39.5 Å². The lowest BCUT2D eigenvalue weighted by molar-refractivity contribution is 0.0342. The third-order valence-corrected chi connectivity index (χ3v) is 6.98. The van der Waals surface area contributed by atoms with Crippen LogP contribution in [0.3, 0.4) is 0 Å². The summed E-state index contributed by atoms with van der Waals surface area (Å²) in [6, 6.07) is 9.80. The van der Waals surface area contributed by atoms with Crippen LogP contribution in [0.4, 0.5) is 22.1 Å². The lowest BCUT2D eigenvalue weighted by atomic mass is 10.1. The fourth-order valence-corrected chi connectivity index (χ4v) is 4.82. The summed E-state index contributed by atoms with van der Waals surface area (Å²) in [4.78, 5) is 23.7. The van der Waals surface area contributed by atoms with E-state index < -0.39 is 6.09 Å². The SMILES string of the molecule is COC(=O)Nc1cc(CN2CCOCC2)cc(Nc2ncc3ccc(-c4cnn(CCC(C)C)c4)c(OC)c3n2)c1. The molecule has 2 N–H and O–H groups in total. The molecule has 0 atom stereocenters. The van der Waals surface area contributed by atoms with Crippen molar-refractivity contribution in [3.8, 4) is 16.9 Å². The van der Waals surface area contributed by atoms with Gasteiger partial charge in [0.25, 0.3) is 0 Å². The van der Waals surface area contributed by atoms with E-state index in [4.69, 9.17) is 19.2 Å². The van der Waals surface area contributed by atoms with E-state index in [1.54, 1.807) is 13.3 Å². The summed E-state index contributed by atoms with van der Waals surface area (Å²) < 4.78 is 18.1. The first-order chi connectivity index (χ1) is 19.9. The Kier molecular flexibility index (Phi) is 8.95. The van der Waals surface area contributed by atoms with Gasteiger partial charge in [-0.05, 0) is 42.2 Å². The molecule has 4 aromatic rings. The number of carbonyl (C=O) groups is 1. The molecule has 0 unspecified atom stereocenters. The highest BCUT2D eigenvalue weighted by atomic mass is 16.5. The highest BCUT2D eigenvalue weighted by Crippen LogP contribution is 2.36. The van der Waals surface area contributed by atoms with Crippen LogP contribution in [0.25, 0.3) is 22.0 Å². The monoisotopic (exact) mass is 559 g/mol. The quantitative estimate of drug-likeness (QED) is 0.267. The van der Waals surface area contributed by atoms with Gasteiger partial charge >= 0.3 is 6.09 Å². The molecule has 0 aliphatic carbocycles. The van der Waals surface area contributed by atoms with Gasteiger partial charge in [0.15, 0.2) is 5.75 Å². The predicted octanol–water partition coefficient (Wildman–Crippen LogP) is 5.30. The van der Waals surface area contributed by atoms with Crippen LogP contribution in [0.2, 0.25) is 0 Å². The third kappa shape index (κ3) is 7.11. The largest absolute Gasteiger partial charge is 0.494 e. The first kappa shape index (κ1) is 28.3. The van der Waals surface area contributed by atoms with Crippen molar-refractivity contribution in [2.45, 2.75) is 33.4 Å². The normalized spacial score (nSPS) is 13.9. The summed E-state index contributed by atoms with van der Waals surface area (Å²) in [5.74, 6) is 1.67. The molecular weight excluding hydrogens is 522 g/mol. The van der Waals surface area contributed by atoms with E-state index in [0.29, 0.717) is 42.0 Å². The molecule has 1 fully saturated rings. The Bertz CT molecular complexity index is 1500. The molecule has 41 heavy (non-hydrogen) atoms. The maximum Gasteiger partial charge on any atom is 0.411 e. The summed E-state index contributed by atoms with van der Waals surface area (Å²) in [6.45, 7) is 9.11. The molecule has 2 aromatic heterocycles. The lowest BCUT2D eigenvalue weighted by Crippen LogP contribution is -2.35. The number of aromatic nitrogens is 4. The smallest absolute Gasteiger partial charge is 0.411 e. The third-order valence-electron chi connectivity index (χ3n) is 6.98. The second-order valence-electron chi connectivity index (χ2n) is 10.5. The molecule has 2 aromatic carbocycles. The van der Waals surface area contributed by atoms with Gasteiger partial charge in [-0.15, -0.1) is 0 Å². The van der Waals surface area contributed by atoms with Gasteiger partial charge in [0.1, 0.15) is 5.52 Å². The maximum absolute atomic E-state index is 12.0. The number of anilines is 3. The summed E-state index contributed by atoms with van der Waals surface area (Å²) in [5.41, 5.74) is 4.95. The molecule has 0 radical (unpaired) electrons. The molecule has 216 valence electrons. The van der Waals surface area contributed by atoms with E-state index in [0.717, 1.165) is 60.4 Å². The molecule has 1 amide bonds. The average Bonchev–Trinajstić information content (AvgIpc) is 3.44. The minimum absolute atomic E-state index is 0.410. The number of benzene rings is 2. The fraction of sp³-hybridized carbons (Fsp3) is 0.400. The van der Waals surface area contributed by atoms with Gasteiger partial charge in [0.05, 0.1) is 33.6 Å².